The summed E-state index contributed by atoms with van der Waals surface area (Å²) >= 11 is 0. The van der Waals surface area contributed by atoms with Crippen molar-refractivity contribution in [2.75, 3.05) is 0 Å². The standard InChI is InChI=1S/C19H24N2/c1-4-6-14(7-5-2)15-8-9-16-17-13-20-11-10-18(17)21(3)19(16)12-15/h8-14H,4-7H2,1-3H3. The Morgan fingerprint density at radius 1 is 1.00 bits per heavy atom. The minimum Gasteiger partial charge on any atom is -0.344 e. The Hall–Kier alpha value is -1.83. The summed E-state index contributed by atoms with van der Waals surface area (Å²) < 4.78 is 2.30. The molecule has 0 aliphatic carbocycles. The fourth-order valence-corrected chi connectivity index (χ4v) is 3.50. The second-order valence-corrected chi connectivity index (χ2v) is 6.00. The van der Waals surface area contributed by atoms with E-state index in [1.54, 1.807) is 0 Å². The number of aromatic nitrogens is 2. The smallest absolute Gasteiger partial charge is 0.0519 e. The lowest BCUT2D eigenvalue weighted by Crippen LogP contribution is -1.98. The first kappa shape index (κ1) is 14.1. The van der Waals surface area contributed by atoms with E-state index in [0.717, 1.165) is 0 Å². The number of benzene rings is 1. The third-order valence-electron chi connectivity index (χ3n) is 4.58. The summed E-state index contributed by atoms with van der Waals surface area (Å²) in [7, 11) is 2.16. The number of pyridine rings is 1. The van der Waals surface area contributed by atoms with Crippen molar-refractivity contribution in [2.24, 2.45) is 7.05 Å². The topological polar surface area (TPSA) is 17.8 Å². The van der Waals surface area contributed by atoms with Gasteiger partial charge in [-0.2, -0.15) is 0 Å². The molecule has 0 aliphatic rings. The van der Waals surface area contributed by atoms with Gasteiger partial charge in [0, 0.05) is 35.7 Å². The molecule has 0 aliphatic heterocycles. The molecule has 0 bridgehead atoms. The van der Waals surface area contributed by atoms with Crippen LogP contribution in [0.1, 0.15) is 51.0 Å². The average molecular weight is 280 g/mol. The predicted octanol–water partition coefficient (Wildman–Crippen LogP) is 5.41. The lowest BCUT2D eigenvalue weighted by molar-refractivity contribution is 0.561. The van der Waals surface area contributed by atoms with E-state index in [2.05, 4.69) is 54.7 Å². The maximum Gasteiger partial charge on any atom is 0.0519 e. The minimum atomic E-state index is 0.695. The van der Waals surface area contributed by atoms with Crippen LogP contribution in [0.4, 0.5) is 0 Å². The molecule has 2 nitrogen and oxygen atoms in total. The van der Waals surface area contributed by atoms with Gasteiger partial charge in [0.15, 0.2) is 0 Å². The highest BCUT2D eigenvalue weighted by Crippen LogP contribution is 2.32. The Kier molecular flexibility index (Phi) is 3.96. The van der Waals surface area contributed by atoms with Gasteiger partial charge in [0.2, 0.25) is 0 Å². The summed E-state index contributed by atoms with van der Waals surface area (Å²) in [5.41, 5.74) is 4.08. The molecular formula is C19H24N2. The van der Waals surface area contributed by atoms with Crippen LogP contribution in [0.25, 0.3) is 21.8 Å². The molecule has 2 aromatic heterocycles. The highest BCUT2D eigenvalue weighted by Gasteiger charge is 2.13. The van der Waals surface area contributed by atoms with Crippen LogP contribution < -0.4 is 0 Å². The number of rotatable bonds is 5. The van der Waals surface area contributed by atoms with Crippen LogP contribution >= 0.6 is 0 Å². The summed E-state index contributed by atoms with van der Waals surface area (Å²) in [5, 5.41) is 2.57. The largest absolute Gasteiger partial charge is 0.344 e. The molecule has 0 N–H and O–H groups in total. The van der Waals surface area contributed by atoms with E-state index in [0.29, 0.717) is 5.92 Å². The second kappa shape index (κ2) is 5.88. The summed E-state index contributed by atoms with van der Waals surface area (Å²) in [4.78, 5) is 4.28. The van der Waals surface area contributed by atoms with Gasteiger partial charge < -0.3 is 4.57 Å². The van der Waals surface area contributed by atoms with Crippen LogP contribution in [0.3, 0.4) is 0 Å². The number of hydrogen-bond donors (Lipinski definition) is 0. The second-order valence-electron chi connectivity index (χ2n) is 6.00. The Morgan fingerprint density at radius 2 is 1.76 bits per heavy atom. The SMILES string of the molecule is CCCC(CCC)c1ccc2c3cnccc3n(C)c2c1. The molecule has 2 heterocycles. The van der Waals surface area contributed by atoms with Gasteiger partial charge in [-0.25, -0.2) is 0 Å². The van der Waals surface area contributed by atoms with Crippen molar-refractivity contribution >= 4 is 21.8 Å². The molecule has 1 aromatic carbocycles. The molecule has 3 aromatic rings. The molecule has 0 unspecified atom stereocenters. The van der Waals surface area contributed by atoms with E-state index in [4.69, 9.17) is 0 Å². The van der Waals surface area contributed by atoms with Gasteiger partial charge in [0.25, 0.3) is 0 Å². The summed E-state index contributed by atoms with van der Waals surface area (Å²) in [6.45, 7) is 4.56. The van der Waals surface area contributed by atoms with Gasteiger partial charge in [-0.3, -0.25) is 4.98 Å². The van der Waals surface area contributed by atoms with E-state index < -0.39 is 0 Å². The third kappa shape index (κ3) is 2.44. The van der Waals surface area contributed by atoms with Gasteiger partial charge >= 0.3 is 0 Å². The van der Waals surface area contributed by atoms with Crippen molar-refractivity contribution in [3.05, 3.63) is 42.2 Å². The molecule has 3 rings (SSSR count). The molecule has 0 saturated carbocycles. The Morgan fingerprint density at radius 3 is 2.48 bits per heavy atom. The highest BCUT2D eigenvalue weighted by molar-refractivity contribution is 6.07. The van der Waals surface area contributed by atoms with Crippen molar-refractivity contribution in [3.8, 4) is 0 Å². The van der Waals surface area contributed by atoms with Crippen molar-refractivity contribution in [1.29, 1.82) is 0 Å². The van der Waals surface area contributed by atoms with Crippen LogP contribution in [0.2, 0.25) is 0 Å². The Labute approximate surface area is 126 Å². The zero-order chi connectivity index (χ0) is 14.8. The van der Waals surface area contributed by atoms with E-state index in [-0.39, 0.29) is 0 Å². The quantitative estimate of drug-likeness (QED) is 0.611. The van der Waals surface area contributed by atoms with Crippen LogP contribution in [-0.2, 0) is 7.05 Å². The Balaban J connectivity index is 2.15. The van der Waals surface area contributed by atoms with Crippen molar-refractivity contribution < 1.29 is 0 Å². The molecular weight excluding hydrogens is 256 g/mol. The predicted molar refractivity (Wildman–Crippen MR) is 90.8 cm³/mol. The first-order valence-electron chi connectivity index (χ1n) is 8.08. The van der Waals surface area contributed by atoms with E-state index in [9.17, 15) is 0 Å². The highest BCUT2D eigenvalue weighted by atomic mass is 14.9. The zero-order valence-corrected chi connectivity index (χ0v) is 13.3. The average Bonchev–Trinajstić information content (AvgIpc) is 2.80. The Bertz CT molecular complexity index is 749. The van der Waals surface area contributed by atoms with Gasteiger partial charge in [-0.15, -0.1) is 0 Å². The molecule has 110 valence electrons. The monoisotopic (exact) mass is 280 g/mol. The summed E-state index contributed by atoms with van der Waals surface area (Å²) in [6.07, 6.45) is 8.92. The normalized spacial score (nSPS) is 11.8. The molecule has 0 radical (unpaired) electrons. The van der Waals surface area contributed by atoms with Gasteiger partial charge in [-0.05, 0) is 36.5 Å². The fraction of sp³-hybridized carbons (Fsp3) is 0.421. The van der Waals surface area contributed by atoms with Gasteiger partial charge in [0.1, 0.15) is 0 Å². The fourth-order valence-electron chi connectivity index (χ4n) is 3.50. The van der Waals surface area contributed by atoms with Crippen LogP contribution in [0.15, 0.2) is 36.7 Å². The molecule has 0 atom stereocenters. The van der Waals surface area contributed by atoms with Gasteiger partial charge in [-0.1, -0.05) is 38.8 Å². The molecule has 21 heavy (non-hydrogen) atoms. The van der Waals surface area contributed by atoms with E-state index in [1.165, 1.54) is 53.1 Å². The minimum absolute atomic E-state index is 0.695. The number of fused-ring (bicyclic) bond motifs is 3. The zero-order valence-electron chi connectivity index (χ0n) is 13.3. The van der Waals surface area contributed by atoms with Crippen molar-refractivity contribution in [2.45, 2.75) is 45.4 Å². The number of aryl methyl sites for hydroxylation is 1. The first-order valence-corrected chi connectivity index (χ1v) is 8.08. The lowest BCUT2D eigenvalue weighted by Gasteiger charge is -2.16. The maximum absolute atomic E-state index is 4.28. The van der Waals surface area contributed by atoms with Gasteiger partial charge in [0.05, 0.1) is 5.52 Å². The molecule has 0 fully saturated rings. The van der Waals surface area contributed by atoms with E-state index in [1.807, 2.05) is 12.4 Å². The number of nitrogens with zero attached hydrogens (tertiary/aromatic N) is 2. The van der Waals surface area contributed by atoms with Crippen molar-refractivity contribution in [3.63, 3.8) is 0 Å². The summed E-state index contributed by atoms with van der Waals surface area (Å²) in [6, 6.07) is 9.10. The third-order valence-corrected chi connectivity index (χ3v) is 4.58. The molecule has 0 amide bonds. The molecule has 2 heteroatoms. The van der Waals surface area contributed by atoms with Crippen molar-refractivity contribution in [1.82, 2.24) is 9.55 Å². The van der Waals surface area contributed by atoms with E-state index >= 15 is 0 Å². The molecule has 0 spiro atoms. The van der Waals surface area contributed by atoms with Crippen LogP contribution in [-0.4, -0.2) is 9.55 Å². The summed E-state index contributed by atoms with van der Waals surface area (Å²) in [5.74, 6) is 0.695. The number of hydrogen-bond acceptors (Lipinski definition) is 1. The van der Waals surface area contributed by atoms with Crippen LogP contribution in [0.5, 0.6) is 0 Å². The maximum atomic E-state index is 4.28. The molecule has 0 saturated heterocycles. The lowest BCUT2D eigenvalue weighted by atomic mass is 9.90. The first-order chi connectivity index (χ1) is 10.3. The van der Waals surface area contributed by atoms with Crippen LogP contribution in [0, 0.1) is 0 Å².